The van der Waals surface area contributed by atoms with Crippen LogP contribution in [0.25, 0.3) is 17.4 Å². The Bertz CT molecular complexity index is 962. The summed E-state index contributed by atoms with van der Waals surface area (Å²) in [5.74, 6) is -1.33. The Morgan fingerprint density at radius 2 is 1.63 bits per heavy atom. The quantitative estimate of drug-likeness (QED) is 0.468. The third kappa shape index (κ3) is 3.12. The Kier molecular flexibility index (Phi) is 4.64. The van der Waals surface area contributed by atoms with Crippen LogP contribution in [0.4, 0.5) is 4.79 Å². The van der Waals surface area contributed by atoms with Crippen LogP contribution in [0.5, 0.6) is 0 Å². The number of methoxy groups -OCH3 is 1. The van der Waals surface area contributed by atoms with Crippen molar-refractivity contribution in [2.45, 2.75) is 0 Å². The van der Waals surface area contributed by atoms with E-state index in [-0.39, 0.29) is 11.3 Å². The molecule has 0 radical (unpaired) electrons. The number of urea groups is 1. The van der Waals surface area contributed by atoms with Gasteiger partial charge in [0.25, 0.3) is 11.8 Å². The van der Waals surface area contributed by atoms with Crippen LogP contribution < -0.4 is 0 Å². The largest absolute Gasteiger partial charge is 0.465 e. The summed E-state index contributed by atoms with van der Waals surface area (Å²) in [5.41, 5.74) is 0.643. The fourth-order valence-corrected chi connectivity index (χ4v) is 2.68. The molecule has 1 aliphatic rings. The second-order valence-corrected chi connectivity index (χ2v) is 5.81. The zero-order valence-electron chi connectivity index (χ0n) is 14.9. The Morgan fingerprint density at radius 1 is 1.00 bits per heavy atom. The van der Waals surface area contributed by atoms with Crippen LogP contribution >= 0.6 is 0 Å². The molecule has 0 saturated carbocycles. The highest BCUT2D eigenvalue weighted by molar-refractivity contribution is 6.30. The SMILES string of the molecule is COC(=O)c1ccccc1-c1ccc(C=C2C(=O)N(C)C(=O)N(C)C2=O)o1. The zero-order valence-corrected chi connectivity index (χ0v) is 14.9. The number of nitrogens with zero attached hydrogens (tertiary/aromatic N) is 2. The molecular weight excluding hydrogens is 352 g/mol. The fraction of sp³-hybridized carbons (Fsp3) is 0.158. The van der Waals surface area contributed by atoms with Crippen molar-refractivity contribution < 1.29 is 28.3 Å². The molecule has 0 N–H and O–H groups in total. The maximum Gasteiger partial charge on any atom is 0.338 e. The number of benzene rings is 1. The second kappa shape index (κ2) is 6.91. The number of amides is 4. The summed E-state index contributed by atoms with van der Waals surface area (Å²) < 4.78 is 10.5. The van der Waals surface area contributed by atoms with Crippen LogP contribution in [-0.4, -0.2) is 54.8 Å². The standard InChI is InChI=1S/C19H16N2O6/c1-20-16(22)14(17(23)21(2)19(20)25)10-11-8-9-15(27-11)12-6-4-5-7-13(12)18(24)26-3/h4-10H,1-3H3. The van der Waals surface area contributed by atoms with Crippen molar-refractivity contribution in [2.24, 2.45) is 0 Å². The van der Waals surface area contributed by atoms with Gasteiger partial charge in [0, 0.05) is 19.7 Å². The molecule has 1 aliphatic heterocycles. The molecule has 1 saturated heterocycles. The molecule has 0 spiro atoms. The summed E-state index contributed by atoms with van der Waals surface area (Å²) >= 11 is 0. The van der Waals surface area contributed by atoms with E-state index in [1.807, 2.05) is 0 Å². The first-order chi connectivity index (χ1) is 12.8. The third-order valence-electron chi connectivity index (χ3n) is 4.16. The van der Waals surface area contributed by atoms with Crippen molar-refractivity contribution in [3.63, 3.8) is 0 Å². The highest BCUT2D eigenvalue weighted by atomic mass is 16.5. The molecule has 0 bridgehead atoms. The van der Waals surface area contributed by atoms with Crippen molar-refractivity contribution >= 4 is 29.9 Å². The molecule has 4 amide bonds. The molecule has 0 unspecified atom stereocenters. The maximum absolute atomic E-state index is 12.2. The van der Waals surface area contributed by atoms with Crippen LogP contribution in [0, 0.1) is 0 Å². The molecule has 0 aliphatic carbocycles. The summed E-state index contributed by atoms with van der Waals surface area (Å²) in [6, 6.07) is 9.22. The highest BCUT2D eigenvalue weighted by Gasteiger charge is 2.38. The van der Waals surface area contributed by atoms with E-state index in [0.29, 0.717) is 16.9 Å². The lowest BCUT2D eigenvalue weighted by Crippen LogP contribution is -2.52. The average molecular weight is 368 g/mol. The van der Waals surface area contributed by atoms with Crippen molar-refractivity contribution in [3.05, 3.63) is 53.3 Å². The summed E-state index contributed by atoms with van der Waals surface area (Å²) in [6.45, 7) is 0. The highest BCUT2D eigenvalue weighted by Crippen LogP contribution is 2.28. The van der Waals surface area contributed by atoms with Gasteiger partial charge in [-0.3, -0.25) is 19.4 Å². The van der Waals surface area contributed by atoms with Gasteiger partial charge >= 0.3 is 12.0 Å². The van der Waals surface area contributed by atoms with E-state index in [0.717, 1.165) is 9.80 Å². The van der Waals surface area contributed by atoms with Gasteiger partial charge in [0.2, 0.25) is 0 Å². The maximum atomic E-state index is 12.2. The van der Waals surface area contributed by atoms with Crippen LogP contribution in [0.3, 0.4) is 0 Å². The molecular formula is C19H16N2O6. The van der Waals surface area contributed by atoms with E-state index < -0.39 is 23.8 Å². The number of esters is 1. The van der Waals surface area contributed by atoms with Crippen molar-refractivity contribution in [1.29, 1.82) is 0 Å². The van der Waals surface area contributed by atoms with Gasteiger partial charge in [0.1, 0.15) is 17.1 Å². The second-order valence-electron chi connectivity index (χ2n) is 5.81. The summed E-state index contributed by atoms with van der Waals surface area (Å²) in [4.78, 5) is 49.9. The van der Waals surface area contributed by atoms with E-state index >= 15 is 0 Å². The van der Waals surface area contributed by atoms with E-state index in [1.165, 1.54) is 27.3 Å². The molecule has 0 atom stereocenters. The number of ether oxygens (including phenoxy) is 1. The summed E-state index contributed by atoms with van der Waals surface area (Å²) in [6.07, 6.45) is 1.27. The molecule has 1 fully saturated rings. The number of carbonyl (C=O) groups is 4. The number of furan rings is 1. The molecule has 8 nitrogen and oxygen atoms in total. The van der Waals surface area contributed by atoms with Crippen LogP contribution in [-0.2, 0) is 14.3 Å². The minimum atomic E-state index is -0.712. The van der Waals surface area contributed by atoms with Gasteiger partial charge in [-0.15, -0.1) is 0 Å². The van der Waals surface area contributed by atoms with Crippen LogP contribution in [0.2, 0.25) is 0 Å². The average Bonchev–Trinajstić information content (AvgIpc) is 3.16. The number of likely N-dealkylation sites (N-methyl/N-ethyl adjacent to an activating group) is 2. The molecule has 3 rings (SSSR count). The Labute approximate surface area is 154 Å². The Morgan fingerprint density at radius 3 is 2.26 bits per heavy atom. The van der Waals surface area contributed by atoms with Crippen molar-refractivity contribution in [1.82, 2.24) is 9.80 Å². The van der Waals surface area contributed by atoms with Gasteiger partial charge in [-0.2, -0.15) is 0 Å². The molecule has 1 aromatic carbocycles. The van der Waals surface area contributed by atoms with E-state index in [2.05, 4.69) is 0 Å². The van der Waals surface area contributed by atoms with E-state index in [9.17, 15) is 19.2 Å². The number of hydrogen-bond acceptors (Lipinski definition) is 6. The number of carbonyl (C=O) groups excluding carboxylic acids is 4. The first-order valence-corrected chi connectivity index (χ1v) is 7.94. The lowest BCUT2D eigenvalue weighted by Gasteiger charge is -2.28. The summed E-state index contributed by atoms with van der Waals surface area (Å²) in [5, 5.41) is 0. The van der Waals surface area contributed by atoms with Gasteiger partial charge in [-0.05, 0) is 24.3 Å². The number of rotatable bonds is 3. The molecule has 2 aromatic rings. The predicted octanol–water partition coefficient (Wildman–Crippen LogP) is 2.17. The Hall–Kier alpha value is -3.68. The normalized spacial score (nSPS) is 14.6. The summed E-state index contributed by atoms with van der Waals surface area (Å²) in [7, 11) is 3.87. The molecule has 138 valence electrons. The van der Waals surface area contributed by atoms with Gasteiger partial charge in [-0.25, -0.2) is 9.59 Å². The van der Waals surface area contributed by atoms with E-state index in [1.54, 1.807) is 36.4 Å². The zero-order chi connectivity index (χ0) is 19.7. The predicted molar refractivity (Wildman–Crippen MR) is 94.4 cm³/mol. The fourth-order valence-electron chi connectivity index (χ4n) is 2.68. The minimum Gasteiger partial charge on any atom is -0.465 e. The topological polar surface area (TPSA) is 97.1 Å². The minimum absolute atomic E-state index is 0.193. The van der Waals surface area contributed by atoms with Gasteiger partial charge in [0.15, 0.2) is 0 Å². The monoisotopic (exact) mass is 368 g/mol. The first-order valence-electron chi connectivity index (χ1n) is 7.94. The smallest absolute Gasteiger partial charge is 0.338 e. The van der Waals surface area contributed by atoms with Crippen molar-refractivity contribution in [3.8, 4) is 11.3 Å². The van der Waals surface area contributed by atoms with Gasteiger partial charge in [-0.1, -0.05) is 18.2 Å². The third-order valence-corrected chi connectivity index (χ3v) is 4.16. The lowest BCUT2D eigenvalue weighted by atomic mass is 10.1. The molecule has 1 aromatic heterocycles. The molecule has 27 heavy (non-hydrogen) atoms. The number of barbiturate groups is 1. The number of imide groups is 2. The molecule has 2 heterocycles. The first kappa shape index (κ1) is 18.1. The van der Waals surface area contributed by atoms with Gasteiger partial charge in [0.05, 0.1) is 12.7 Å². The lowest BCUT2D eigenvalue weighted by molar-refractivity contribution is -0.134. The number of hydrogen-bond donors (Lipinski definition) is 0. The molecule has 8 heteroatoms. The Balaban J connectivity index is 1.99. The van der Waals surface area contributed by atoms with E-state index in [4.69, 9.17) is 9.15 Å². The van der Waals surface area contributed by atoms with Gasteiger partial charge < -0.3 is 9.15 Å². The van der Waals surface area contributed by atoms with Crippen molar-refractivity contribution in [2.75, 3.05) is 21.2 Å². The van der Waals surface area contributed by atoms with Crippen LogP contribution in [0.15, 0.2) is 46.4 Å². The van der Waals surface area contributed by atoms with Crippen LogP contribution in [0.1, 0.15) is 16.1 Å².